The number of carbonyl (C=O) groups excluding carboxylic acids is 1. The SMILES string of the molecule is Cc1cc(OP(O)(=S)C=O)ccc1N=O. The minimum absolute atomic E-state index is 0.212. The predicted octanol–water partition coefficient (Wildman–Crippen LogP) is 2.26. The Labute approximate surface area is 91.2 Å². The minimum Gasteiger partial charge on any atom is -0.439 e. The van der Waals surface area contributed by atoms with Crippen LogP contribution < -0.4 is 4.52 Å². The molecule has 0 saturated carbocycles. The van der Waals surface area contributed by atoms with Gasteiger partial charge >= 0.3 is 0 Å². The van der Waals surface area contributed by atoms with Gasteiger partial charge in [0.15, 0.2) is 0 Å². The van der Waals surface area contributed by atoms with Gasteiger partial charge in [-0.2, -0.15) is 0 Å². The van der Waals surface area contributed by atoms with Gasteiger partial charge in [0.2, 0.25) is 6.03 Å². The highest BCUT2D eigenvalue weighted by atomic mass is 32.5. The Morgan fingerprint density at radius 2 is 2.27 bits per heavy atom. The Bertz CT molecular complexity index is 448. The van der Waals surface area contributed by atoms with E-state index in [0.717, 1.165) is 0 Å². The van der Waals surface area contributed by atoms with Crippen molar-refractivity contribution in [2.45, 2.75) is 6.92 Å². The molecule has 1 aromatic carbocycles. The van der Waals surface area contributed by atoms with E-state index in [1.54, 1.807) is 6.92 Å². The number of rotatable bonds is 4. The highest BCUT2D eigenvalue weighted by molar-refractivity contribution is 8.16. The molecule has 5 nitrogen and oxygen atoms in total. The maximum Gasteiger partial charge on any atom is 0.299 e. The first-order chi connectivity index (χ1) is 6.98. The summed E-state index contributed by atoms with van der Waals surface area (Å²) >= 11 is 4.52. The van der Waals surface area contributed by atoms with E-state index in [0.29, 0.717) is 5.56 Å². The molecule has 0 aliphatic rings. The zero-order valence-corrected chi connectivity index (χ0v) is 9.49. The third-order valence-corrected chi connectivity index (χ3v) is 2.86. The Hall–Kier alpha value is -1.10. The Kier molecular flexibility index (Phi) is 3.68. The molecule has 15 heavy (non-hydrogen) atoms. The van der Waals surface area contributed by atoms with Crippen molar-refractivity contribution in [3.8, 4) is 5.75 Å². The average Bonchev–Trinajstić information content (AvgIpc) is 2.17. The number of benzene rings is 1. The summed E-state index contributed by atoms with van der Waals surface area (Å²) in [5.41, 5.74) is 0.864. The first-order valence-corrected chi connectivity index (χ1v) is 6.65. The van der Waals surface area contributed by atoms with Gasteiger partial charge in [-0.15, -0.1) is 4.91 Å². The van der Waals surface area contributed by atoms with Crippen molar-refractivity contribution in [1.82, 2.24) is 0 Å². The largest absolute Gasteiger partial charge is 0.439 e. The van der Waals surface area contributed by atoms with Gasteiger partial charge in [-0.1, -0.05) is 0 Å². The molecule has 1 unspecified atom stereocenters. The lowest BCUT2D eigenvalue weighted by Crippen LogP contribution is -1.92. The van der Waals surface area contributed by atoms with E-state index in [1.807, 2.05) is 0 Å². The Balaban J connectivity index is 2.99. The number of aryl methyl sites for hydroxylation is 1. The Morgan fingerprint density at radius 3 is 2.73 bits per heavy atom. The first kappa shape index (κ1) is 12.0. The summed E-state index contributed by atoms with van der Waals surface area (Å²) < 4.78 is 4.90. The van der Waals surface area contributed by atoms with Gasteiger partial charge in [0.25, 0.3) is 6.49 Å². The van der Waals surface area contributed by atoms with Gasteiger partial charge in [0.1, 0.15) is 11.4 Å². The molecule has 7 heteroatoms. The van der Waals surface area contributed by atoms with Crippen molar-refractivity contribution < 1.29 is 14.2 Å². The van der Waals surface area contributed by atoms with Crippen molar-refractivity contribution in [3.05, 3.63) is 28.7 Å². The van der Waals surface area contributed by atoms with E-state index >= 15 is 0 Å². The second-order valence-electron chi connectivity index (χ2n) is 2.80. The third kappa shape index (κ3) is 3.20. The van der Waals surface area contributed by atoms with Crippen LogP contribution >= 0.6 is 6.49 Å². The molecule has 1 N–H and O–H groups in total. The van der Waals surface area contributed by atoms with E-state index in [4.69, 9.17) is 4.52 Å². The molecule has 0 aliphatic heterocycles. The van der Waals surface area contributed by atoms with E-state index in [-0.39, 0.29) is 17.5 Å². The zero-order valence-electron chi connectivity index (χ0n) is 7.78. The smallest absolute Gasteiger partial charge is 0.299 e. The molecule has 0 heterocycles. The normalized spacial score (nSPS) is 14.0. The number of hydrogen-bond acceptors (Lipinski definition) is 5. The van der Waals surface area contributed by atoms with Crippen LogP contribution in [0.25, 0.3) is 0 Å². The molecule has 80 valence electrons. The lowest BCUT2D eigenvalue weighted by atomic mass is 10.2. The highest BCUT2D eigenvalue weighted by Crippen LogP contribution is 2.40. The summed E-state index contributed by atoms with van der Waals surface area (Å²) in [4.78, 5) is 29.9. The van der Waals surface area contributed by atoms with Gasteiger partial charge in [-0.05, 0) is 47.7 Å². The monoisotopic (exact) mass is 245 g/mol. The van der Waals surface area contributed by atoms with Crippen molar-refractivity contribution in [3.63, 3.8) is 0 Å². The molecule has 0 saturated heterocycles. The van der Waals surface area contributed by atoms with Crippen LogP contribution in [0.5, 0.6) is 5.75 Å². The average molecular weight is 245 g/mol. The predicted molar refractivity (Wildman–Crippen MR) is 60.5 cm³/mol. The van der Waals surface area contributed by atoms with Gasteiger partial charge in [0.05, 0.1) is 0 Å². The Morgan fingerprint density at radius 1 is 1.60 bits per heavy atom. The first-order valence-electron chi connectivity index (χ1n) is 3.91. The molecule has 1 aromatic rings. The molecule has 0 spiro atoms. The summed E-state index contributed by atoms with van der Waals surface area (Å²) in [5.74, 6) is 0.248. The quantitative estimate of drug-likeness (QED) is 0.500. The van der Waals surface area contributed by atoms with Crippen LogP contribution in [0, 0.1) is 11.8 Å². The number of nitroso groups, excluding NO2 is 1. The van der Waals surface area contributed by atoms with Crippen LogP contribution in [0.1, 0.15) is 5.56 Å². The molecule has 0 amide bonds. The lowest BCUT2D eigenvalue weighted by Gasteiger charge is -2.10. The fraction of sp³-hybridized carbons (Fsp3) is 0.125. The van der Waals surface area contributed by atoms with Crippen molar-refractivity contribution >= 4 is 30.0 Å². The van der Waals surface area contributed by atoms with Crippen LogP contribution in [0.4, 0.5) is 5.69 Å². The van der Waals surface area contributed by atoms with Gasteiger partial charge in [0, 0.05) is 0 Å². The van der Waals surface area contributed by atoms with Crippen LogP contribution in [-0.4, -0.2) is 10.9 Å². The molecule has 1 atom stereocenters. The van der Waals surface area contributed by atoms with E-state index in [9.17, 15) is 14.6 Å². The molecule has 1 rings (SSSR count). The van der Waals surface area contributed by atoms with Crippen LogP contribution in [0.3, 0.4) is 0 Å². The fourth-order valence-corrected chi connectivity index (χ4v) is 1.68. The highest BCUT2D eigenvalue weighted by Gasteiger charge is 2.14. The summed E-state index contributed by atoms with van der Waals surface area (Å²) in [5, 5.41) is 2.77. The van der Waals surface area contributed by atoms with Gasteiger partial charge < -0.3 is 9.42 Å². The topological polar surface area (TPSA) is 76.0 Å². The molecular formula is C8H8NO4PS. The molecule has 0 radical (unpaired) electrons. The molecular weight excluding hydrogens is 237 g/mol. The second kappa shape index (κ2) is 4.61. The van der Waals surface area contributed by atoms with E-state index in [1.165, 1.54) is 18.2 Å². The maximum absolute atomic E-state index is 10.3. The standard InChI is InChI=1S/C8H8NO4PS/c1-6-4-7(2-3-8(6)9-11)13-14(12,15)5-10/h2-5H,1H3,(H,12,15). The minimum atomic E-state index is -3.39. The zero-order chi connectivity index (χ0) is 11.5. The number of nitrogens with zero attached hydrogens (tertiary/aromatic N) is 1. The summed E-state index contributed by atoms with van der Waals surface area (Å²) in [6.45, 7) is -1.74. The second-order valence-corrected chi connectivity index (χ2v) is 5.89. The lowest BCUT2D eigenvalue weighted by molar-refractivity contribution is 0.487. The van der Waals surface area contributed by atoms with Gasteiger partial charge in [-0.3, -0.25) is 4.79 Å². The molecule has 0 fully saturated rings. The van der Waals surface area contributed by atoms with Crippen LogP contribution in [0.2, 0.25) is 0 Å². The third-order valence-electron chi connectivity index (χ3n) is 1.64. The van der Waals surface area contributed by atoms with E-state index in [2.05, 4.69) is 17.0 Å². The summed E-state index contributed by atoms with van der Waals surface area (Å²) in [7, 11) is 0. The number of hydrogen-bond donors (Lipinski definition) is 1. The summed E-state index contributed by atoms with van der Waals surface area (Å²) in [6.07, 6.45) is 0. The van der Waals surface area contributed by atoms with Crippen molar-refractivity contribution in [1.29, 1.82) is 0 Å². The van der Waals surface area contributed by atoms with Crippen LogP contribution in [0.15, 0.2) is 23.4 Å². The molecule has 0 aromatic heterocycles. The summed E-state index contributed by atoms with van der Waals surface area (Å²) in [6, 6.07) is 4.55. The molecule has 0 aliphatic carbocycles. The van der Waals surface area contributed by atoms with E-state index < -0.39 is 6.49 Å². The van der Waals surface area contributed by atoms with Crippen LogP contribution in [-0.2, 0) is 16.6 Å². The molecule has 0 bridgehead atoms. The maximum atomic E-state index is 10.3. The number of carbonyl (C=O) groups is 1. The van der Waals surface area contributed by atoms with Crippen molar-refractivity contribution in [2.75, 3.05) is 0 Å². The van der Waals surface area contributed by atoms with Gasteiger partial charge in [-0.25, -0.2) is 0 Å². The fourth-order valence-electron chi connectivity index (χ4n) is 0.960. The van der Waals surface area contributed by atoms with Crippen molar-refractivity contribution in [2.24, 2.45) is 5.18 Å².